The molecule has 0 unspecified atom stereocenters. The van der Waals surface area contributed by atoms with Gasteiger partial charge in [-0.15, -0.1) is 0 Å². The summed E-state index contributed by atoms with van der Waals surface area (Å²) in [5, 5.41) is 10.1. The van der Waals surface area contributed by atoms with Crippen LogP contribution in [0.4, 0.5) is 0 Å². The van der Waals surface area contributed by atoms with Crippen molar-refractivity contribution in [3.63, 3.8) is 0 Å². The van der Waals surface area contributed by atoms with E-state index in [1.165, 1.54) is 51.1 Å². The number of piperidine rings is 2. The largest absolute Gasteiger partial charge is 0.465 e. The van der Waals surface area contributed by atoms with Crippen LogP contribution < -0.4 is 0 Å². The number of aryl methyl sites for hydroxylation is 1. The third-order valence-corrected chi connectivity index (χ3v) is 7.04. The summed E-state index contributed by atoms with van der Waals surface area (Å²) >= 11 is 1.95. The maximum atomic E-state index is 10.1. The van der Waals surface area contributed by atoms with Gasteiger partial charge in [0, 0.05) is 19.1 Å². The number of hydrogen-bond acceptors (Lipinski definition) is 5. The highest BCUT2D eigenvalue weighted by Crippen LogP contribution is 2.45. The molecule has 3 rings (SSSR count). The Morgan fingerprint density at radius 1 is 1.20 bits per heavy atom. The van der Waals surface area contributed by atoms with Gasteiger partial charge >= 0.3 is 0 Å². The molecule has 1 N–H and O–H groups in total. The van der Waals surface area contributed by atoms with E-state index in [0.29, 0.717) is 17.9 Å². The monoisotopic (exact) mass is 366 g/mol. The predicted octanol–water partition coefficient (Wildman–Crippen LogP) is 3.24. The van der Waals surface area contributed by atoms with Crippen molar-refractivity contribution >= 4 is 11.8 Å². The maximum absolute atomic E-state index is 10.1. The molecular weight excluding hydrogens is 332 g/mol. The summed E-state index contributed by atoms with van der Waals surface area (Å²) in [6.07, 6.45) is 7.22. The average molecular weight is 367 g/mol. The molecule has 3 heterocycles. The van der Waals surface area contributed by atoms with Crippen LogP contribution in [-0.2, 0) is 6.54 Å². The van der Waals surface area contributed by atoms with Gasteiger partial charge in [0.15, 0.2) is 0 Å². The zero-order chi connectivity index (χ0) is 17.7. The second-order valence-electron chi connectivity index (χ2n) is 7.93. The van der Waals surface area contributed by atoms with Gasteiger partial charge in [0.2, 0.25) is 0 Å². The lowest BCUT2D eigenvalue weighted by atomic mass is 9.64. The van der Waals surface area contributed by atoms with Crippen LogP contribution in [0, 0.1) is 18.3 Å². The third-order valence-electron chi connectivity index (χ3n) is 6.34. The third kappa shape index (κ3) is 4.82. The lowest BCUT2D eigenvalue weighted by Crippen LogP contribution is -2.53. The second-order valence-corrected chi connectivity index (χ2v) is 8.91. The van der Waals surface area contributed by atoms with Gasteiger partial charge in [-0.3, -0.25) is 4.90 Å². The highest BCUT2D eigenvalue weighted by Gasteiger charge is 2.44. The Kier molecular flexibility index (Phi) is 6.89. The fourth-order valence-electron chi connectivity index (χ4n) is 4.68. The zero-order valence-electron chi connectivity index (χ0n) is 15.9. The van der Waals surface area contributed by atoms with Crippen molar-refractivity contribution in [1.82, 2.24) is 9.80 Å². The van der Waals surface area contributed by atoms with Crippen LogP contribution in [0.25, 0.3) is 0 Å². The molecule has 2 saturated heterocycles. The number of rotatable bonds is 7. The van der Waals surface area contributed by atoms with Gasteiger partial charge in [0.1, 0.15) is 11.5 Å². The molecule has 0 saturated carbocycles. The van der Waals surface area contributed by atoms with Crippen molar-refractivity contribution < 1.29 is 9.52 Å². The molecule has 1 atom stereocenters. The SMILES string of the molecule is CSCCCN1CCC2(CC1)CCN(Cc1ccc(C)o1)C[C@@H]2CO. The van der Waals surface area contributed by atoms with Crippen molar-refractivity contribution in [2.75, 3.05) is 51.3 Å². The van der Waals surface area contributed by atoms with E-state index in [0.717, 1.165) is 31.2 Å². The first-order valence-electron chi connectivity index (χ1n) is 9.75. The van der Waals surface area contributed by atoms with Crippen LogP contribution in [0.1, 0.15) is 37.2 Å². The van der Waals surface area contributed by atoms with Gasteiger partial charge in [-0.1, -0.05) is 0 Å². The molecule has 1 spiro atoms. The fraction of sp³-hybridized carbons (Fsp3) is 0.800. The topological polar surface area (TPSA) is 39.9 Å². The maximum Gasteiger partial charge on any atom is 0.118 e. The van der Waals surface area contributed by atoms with Gasteiger partial charge in [-0.25, -0.2) is 0 Å². The molecule has 0 amide bonds. The van der Waals surface area contributed by atoms with E-state index in [1.54, 1.807) is 0 Å². The number of furan rings is 1. The number of aliphatic hydroxyl groups excluding tert-OH is 1. The van der Waals surface area contributed by atoms with Crippen LogP contribution >= 0.6 is 11.8 Å². The highest BCUT2D eigenvalue weighted by atomic mass is 32.2. The van der Waals surface area contributed by atoms with Crippen LogP contribution in [0.3, 0.4) is 0 Å². The standard InChI is InChI=1S/C20H34N2O2S/c1-17-4-5-19(24-17)15-22-12-8-20(18(14-22)16-23)6-10-21(11-7-20)9-3-13-25-2/h4-5,18,23H,3,6-16H2,1-2H3/t18-/m1/s1. The number of nitrogens with zero attached hydrogens (tertiary/aromatic N) is 2. The summed E-state index contributed by atoms with van der Waals surface area (Å²) in [4.78, 5) is 5.10. The minimum Gasteiger partial charge on any atom is -0.465 e. The minimum absolute atomic E-state index is 0.320. The highest BCUT2D eigenvalue weighted by molar-refractivity contribution is 7.98. The van der Waals surface area contributed by atoms with E-state index in [1.807, 2.05) is 24.8 Å². The lowest BCUT2D eigenvalue weighted by molar-refractivity contribution is -0.0449. The second kappa shape index (κ2) is 8.94. The van der Waals surface area contributed by atoms with E-state index in [2.05, 4.69) is 22.1 Å². The number of thioether (sulfide) groups is 1. The summed E-state index contributed by atoms with van der Waals surface area (Å²) in [6.45, 7) is 8.99. The molecule has 4 nitrogen and oxygen atoms in total. The molecule has 2 fully saturated rings. The van der Waals surface area contributed by atoms with E-state index in [9.17, 15) is 5.11 Å². The summed E-state index contributed by atoms with van der Waals surface area (Å²) < 4.78 is 5.74. The molecule has 5 heteroatoms. The van der Waals surface area contributed by atoms with Gasteiger partial charge in [-0.2, -0.15) is 11.8 Å². The first-order valence-corrected chi connectivity index (χ1v) is 11.1. The molecule has 0 aromatic carbocycles. The Morgan fingerprint density at radius 3 is 2.52 bits per heavy atom. The van der Waals surface area contributed by atoms with Crippen LogP contribution in [0.5, 0.6) is 0 Å². The molecular formula is C20H34N2O2S. The summed E-state index contributed by atoms with van der Waals surface area (Å²) in [6, 6.07) is 4.12. The molecule has 0 radical (unpaired) electrons. The van der Waals surface area contributed by atoms with E-state index >= 15 is 0 Å². The minimum atomic E-state index is 0.320. The molecule has 0 aliphatic carbocycles. The Labute approximate surface area is 156 Å². The van der Waals surface area contributed by atoms with Crippen molar-refractivity contribution in [3.8, 4) is 0 Å². The van der Waals surface area contributed by atoms with E-state index in [-0.39, 0.29) is 0 Å². The molecule has 2 aliphatic rings. The average Bonchev–Trinajstić information content (AvgIpc) is 3.03. The molecule has 1 aromatic heterocycles. The van der Waals surface area contributed by atoms with Crippen molar-refractivity contribution in [3.05, 3.63) is 23.7 Å². The lowest BCUT2D eigenvalue weighted by Gasteiger charge is -2.51. The van der Waals surface area contributed by atoms with Crippen LogP contribution in [0.15, 0.2) is 16.5 Å². The zero-order valence-corrected chi connectivity index (χ0v) is 16.7. The summed E-state index contributed by atoms with van der Waals surface area (Å²) in [5.74, 6) is 3.71. The van der Waals surface area contributed by atoms with E-state index in [4.69, 9.17) is 4.42 Å². The Balaban J connectivity index is 1.52. The van der Waals surface area contributed by atoms with Gasteiger partial charge < -0.3 is 14.4 Å². The first kappa shape index (κ1) is 19.3. The smallest absolute Gasteiger partial charge is 0.118 e. The van der Waals surface area contributed by atoms with Gasteiger partial charge in [0.05, 0.1) is 6.54 Å². The Morgan fingerprint density at radius 2 is 1.92 bits per heavy atom. The van der Waals surface area contributed by atoms with Gasteiger partial charge in [-0.05, 0) is 88.3 Å². The van der Waals surface area contributed by atoms with Crippen molar-refractivity contribution in [2.24, 2.45) is 11.3 Å². The Hall–Kier alpha value is -0.490. The van der Waals surface area contributed by atoms with Crippen molar-refractivity contribution in [2.45, 2.75) is 39.2 Å². The predicted molar refractivity (Wildman–Crippen MR) is 105 cm³/mol. The van der Waals surface area contributed by atoms with Crippen molar-refractivity contribution in [1.29, 1.82) is 0 Å². The quantitative estimate of drug-likeness (QED) is 0.750. The first-order chi connectivity index (χ1) is 12.1. The molecule has 2 aliphatic heterocycles. The number of likely N-dealkylation sites (tertiary alicyclic amines) is 2. The molecule has 25 heavy (non-hydrogen) atoms. The van der Waals surface area contributed by atoms with Crippen LogP contribution in [-0.4, -0.2) is 66.2 Å². The normalized spacial score (nSPS) is 24.8. The molecule has 142 valence electrons. The summed E-state index contributed by atoms with van der Waals surface area (Å²) in [7, 11) is 0. The van der Waals surface area contributed by atoms with Gasteiger partial charge in [0.25, 0.3) is 0 Å². The van der Waals surface area contributed by atoms with E-state index < -0.39 is 0 Å². The number of hydrogen-bond donors (Lipinski definition) is 1. The summed E-state index contributed by atoms with van der Waals surface area (Å²) in [5.41, 5.74) is 0.361. The fourth-order valence-corrected chi connectivity index (χ4v) is 5.10. The Bertz CT molecular complexity index is 526. The molecule has 0 bridgehead atoms. The molecule has 1 aromatic rings. The number of aliphatic hydroxyl groups is 1. The van der Waals surface area contributed by atoms with Crippen LogP contribution in [0.2, 0.25) is 0 Å².